The van der Waals surface area contributed by atoms with Crippen molar-refractivity contribution in [2.45, 2.75) is 25.3 Å². The molecule has 1 heterocycles. The molecule has 0 radical (unpaired) electrons. The third-order valence-corrected chi connectivity index (χ3v) is 3.23. The number of aromatic nitrogens is 2. The van der Waals surface area contributed by atoms with Crippen molar-refractivity contribution in [3.05, 3.63) is 33.7 Å². The molecule has 1 saturated carbocycles. The molecule has 0 bridgehead atoms. The predicted molar refractivity (Wildman–Crippen MR) is 61.2 cm³/mol. The first-order valence-corrected chi connectivity index (χ1v) is 5.75. The smallest absolute Gasteiger partial charge is 0.305 e. The standard InChI is InChI=1S/C12H9F3N2O2/c13-10(14)5-3-7(11(15)18)9-8(4-5)17(6-1-2-6)12(19)16-9/h3-4,6,10H,1-2H2,(H,16,19). The molecule has 0 unspecified atom stereocenters. The van der Waals surface area contributed by atoms with E-state index in [0.717, 1.165) is 25.0 Å². The van der Waals surface area contributed by atoms with Crippen molar-refractivity contribution < 1.29 is 18.0 Å². The average Bonchev–Trinajstić information content (AvgIpc) is 3.10. The summed E-state index contributed by atoms with van der Waals surface area (Å²) >= 11 is 0. The lowest BCUT2D eigenvalue weighted by atomic mass is 10.1. The lowest BCUT2D eigenvalue weighted by Crippen LogP contribution is -2.15. The van der Waals surface area contributed by atoms with E-state index >= 15 is 0 Å². The molecule has 0 amide bonds. The third-order valence-electron chi connectivity index (χ3n) is 3.23. The molecule has 3 rings (SSSR count). The second-order valence-electron chi connectivity index (χ2n) is 4.57. The first kappa shape index (κ1) is 12.0. The van der Waals surface area contributed by atoms with Crippen LogP contribution in [0.15, 0.2) is 16.9 Å². The van der Waals surface area contributed by atoms with Crippen molar-refractivity contribution in [2.24, 2.45) is 0 Å². The molecule has 2 aromatic rings. The van der Waals surface area contributed by atoms with Crippen molar-refractivity contribution >= 4 is 17.1 Å². The highest BCUT2D eigenvalue weighted by atomic mass is 19.3. The monoisotopic (exact) mass is 270 g/mol. The second kappa shape index (κ2) is 3.97. The number of fused-ring (bicyclic) bond motifs is 1. The number of benzene rings is 1. The molecule has 4 nitrogen and oxygen atoms in total. The van der Waals surface area contributed by atoms with Crippen LogP contribution in [-0.4, -0.2) is 15.6 Å². The van der Waals surface area contributed by atoms with Gasteiger partial charge in [-0.25, -0.2) is 13.6 Å². The van der Waals surface area contributed by atoms with Gasteiger partial charge >= 0.3 is 11.7 Å². The van der Waals surface area contributed by atoms with Crippen LogP contribution in [0.2, 0.25) is 0 Å². The van der Waals surface area contributed by atoms with E-state index in [1.807, 2.05) is 0 Å². The maximum atomic E-state index is 12.9. The third kappa shape index (κ3) is 1.85. The summed E-state index contributed by atoms with van der Waals surface area (Å²) in [6.07, 6.45) is -1.30. The van der Waals surface area contributed by atoms with Gasteiger partial charge in [0.1, 0.15) is 0 Å². The van der Waals surface area contributed by atoms with E-state index in [-0.39, 0.29) is 17.1 Å². The number of H-pyrrole nitrogens is 1. The minimum absolute atomic E-state index is 0.0196. The van der Waals surface area contributed by atoms with E-state index in [0.29, 0.717) is 0 Å². The molecule has 100 valence electrons. The van der Waals surface area contributed by atoms with Gasteiger partial charge in [0, 0.05) is 11.6 Å². The normalized spacial score (nSPS) is 15.4. The Bertz CT molecular complexity index is 728. The maximum Gasteiger partial charge on any atom is 0.334 e. The molecule has 1 fully saturated rings. The topological polar surface area (TPSA) is 54.9 Å². The molecule has 19 heavy (non-hydrogen) atoms. The van der Waals surface area contributed by atoms with Crippen LogP contribution in [0.3, 0.4) is 0 Å². The van der Waals surface area contributed by atoms with Gasteiger partial charge in [0.05, 0.1) is 16.6 Å². The Morgan fingerprint density at radius 3 is 2.58 bits per heavy atom. The quantitative estimate of drug-likeness (QED) is 0.872. The van der Waals surface area contributed by atoms with E-state index in [4.69, 9.17) is 0 Å². The van der Waals surface area contributed by atoms with Crippen LogP contribution >= 0.6 is 0 Å². The van der Waals surface area contributed by atoms with Crippen LogP contribution in [-0.2, 0) is 0 Å². The first-order valence-electron chi connectivity index (χ1n) is 5.75. The van der Waals surface area contributed by atoms with Gasteiger partial charge in [-0.2, -0.15) is 4.39 Å². The molecule has 0 saturated heterocycles. The molecular weight excluding hydrogens is 261 g/mol. The van der Waals surface area contributed by atoms with Gasteiger partial charge in [-0.1, -0.05) is 0 Å². The van der Waals surface area contributed by atoms with Gasteiger partial charge in [-0.05, 0) is 25.0 Å². The Hall–Kier alpha value is -2.05. The lowest BCUT2D eigenvalue weighted by Gasteiger charge is -2.05. The molecule has 1 aliphatic rings. The number of hydrogen-bond donors (Lipinski definition) is 1. The number of halogens is 3. The molecule has 1 N–H and O–H groups in total. The van der Waals surface area contributed by atoms with Crippen LogP contribution in [0.25, 0.3) is 11.0 Å². The van der Waals surface area contributed by atoms with Crippen molar-refractivity contribution in [2.75, 3.05) is 0 Å². The highest BCUT2D eigenvalue weighted by Gasteiger charge is 2.29. The van der Waals surface area contributed by atoms with Crippen molar-refractivity contribution in [1.82, 2.24) is 9.55 Å². The highest BCUT2D eigenvalue weighted by molar-refractivity contribution is 6.01. The SMILES string of the molecule is O=C(F)c1cc(C(F)F)cc2c1[nH]c(=O)n2C1CC1. The van der Waals surface area contributed by atoms with E-state index in [2.05, 4.69) is 4.98 Å². The molecule has 1 aromatic carbocycles. The van der Waals surface area contributed by atoms with Crippen LogP contribution in [0.1, 0.15) is 41.2 Å². The number of nitrogens with one attached hydrogen (secondary N) is 1. The maximum absolute atomic E-state index is 12.9. The predicted octanol–water partition coefficient (Wildman–Crippen LogP) is 2.71. The summed E-state index contributed by atoms with van der Waals surface area (Å²) in [6, 6.07) is 0.0129. The van der Waals surface area contributed by atoms with Crippen LogP contribution in [0, 0.1) is 0 Å². The second-order valence-corrected chi connectivity index (χ2v) is 4.57. The van der Waals surface area contributed by atoms with E-state index in [1.165, 1.54) is 4.57 Å². The summed E-state index contributed by atoms with van der Waals surface area (Å²) in [5, 5.41) is 0. The summed E-state index contributed by atoms with van der Waals surface area (Å²) in [5.41, 5.74) is -1.36. The van der Waals surface area contributed by atoms with Crippen molar-refractivity contribution in [3.8, 4) is 0 Å². The van der Waals surface area contributed by atoms with Crippen LogP contribution in [0.5, 0.6) is 0 Å². The lowest BCUT2D eigenvalue weighted by molar-refractivity contribution is 0.0837. The molecule has 0 atom stereocenters. The van der Waals surface area contributed by atoms with Gasteiger partial charge in [0.15, 0.2) is 0 Å². The van der Waals surface area contributed by atoms with Crippen molar-refractivity contribution in [1.29, 1.82) is 0 Å². The Morgan fingerprint density at radius 2 is 2.05 bits per heavy atom. The van der Waals surface area contributed by atoms with E-state index in [9.17, 15) is 22.8 Å². The Morgan fingerprint density at radius 1 is 1.37 bits per heavy atom. The zero-order valence-electron chi connectivity index (χ0n) is 9.62. The van der Waals surface area contributed by atoms with E-state index in [1.54, 1.807) is 0 Å². The molecule has 0 aliphatic heterocycles. The summed E-state index contributed by atoms with van der Waals surface area (Å²) in [7, 11) is 0. The Balaban J connectivity index is 2.37. The Labute approximate surface area is 104 Å². The minimum Gasteiger partial charge on any atom is -0.305 e. The summed E-state index contributed by atoms with van der Waals surface area (Å²) in [6.45, 7) is 0. The first-order chi connectivity index (χ1) is 8.99. The number of rotatable bonds is 3. The number of carbonyl (C=O) groups excluding carboxylic acids is 1. The van der Waals surface area contributed by atoms with Crippen molar-refractivity contribution in [3.63, 3.8) is 0 Å². The largest absolute Gasteiger partial charge is 0.334 e. The highest BCUT2D eigenvalue weighted by Crippen LogP contribution is 2.37. The molecule has 7 heteroatoms. The number of alkyl halides is 2. The zero-order valence-corrected chi connectivity index (χ0v) is 9.62. The number of hydrogen-bond acceptors (Lipinski definition) is 2. The van der Waals surface area contributed by atoms with Gasteiger partial charge < -0.3 is 4.98 Å². The molecule has 1 aromatic heterocycles. The summed E-state index contributed by atoms with van der Waals surface area (Å²) in [5.74, 6) is 0. The van der Waals surface area contributed by atoms with Gasteiger partial charge in [0.2, 0.25) is 0 Å². The fourth-order valence-electron chi connectivity index (χ4n) is 2.22. The number of imidazole rings is 1. The van der Waals surface area contributed by atoms with Crippen LogP contribution in [0.4, 0.5) is 13.2 Å². The zero-order chi connectivity index (χ0) is 13.7. The molecule has 1 aliphatic carbocycles. The van der Waals surface area contributed by atoms with Gasteiger partial charge in [0.25, 0.3) is 6.43 Å². The molecule has 0 spiro atoms. The minimum atomic E-state index is -2.83. The average molecular weight is 270 g/mol. The van der Waals surface area contributed by atoms with E-state index < -0.39 is 29.3 Å². The summed E-state index contributed by atoms with van der Waals surface area (Å²) in [4.78, 5) is 25.0. The van der Waals surface area contributed by atoms with Gasteiger partial charge in [-0.3, -0.25) is 9.36 Å². The van der Waals surface area contributed by atoms with Gasteiger partial charge in [-0.15, -0.1) is 0 Å². The number of carbonyl (C=O) groups is 1. The number of aromatic amines is 1. The fraction of sp³-hybridized carbons (Fsp3) is 0.333. The molecular formula is C12H9F3N2O2. The van der Waals surface area contributed by atoms with Crippen LogP contribution < -0.4 is 5.69 Å². The Kier molecular flexibility index (Phi) is 2.51. The summed E-state index contributed by atoms with van der Waals surface area (Å²) < 4.78 is 39.8. The number of nitrogens with zero attached hydrogens (tertiary/aromatic N) is 1. The fourth-order valence-corrected chi connectivity index (χ4v) is 2.22.